The van der Waals surface area contributed by atoms with Crippen LogP contribution in [0.2, 0.25) is 0 Å². The SMILES string of the molecule is NCc1nnn(-c2nc3c(s2)CCCC3)c1C1CC1. The third-order valence-corrected chi connectivity index (χ3v) is 5.08. The molecule has 0 amide bonds. The summed E-state index contributed by atoms with van der Waals surface area (Å²) in [5.74, 6) is 0.592. The summed E-state index contributed by atoms with van der Waals surface area (Å²) in [4.78, 5) is 6.22. The first-order valence-electron chi connectivity index (χ1n) is 7.00. The molecule has 1 fully saturated rings. The fourth-order valence-electron chi connectivity index (χ4n) is 2.80. The number of aryl methyl sites for hydroxylation is 2. The first-order valence-corrected chi connectivity index (χ1v) is 7.82. The lowest BCUT2D eigenvalue weighted by molar-refractivity contribution is 0.677. The molecule has 0 spiro atoms. The molecule has 1 saturated carbocycles. The zero-order valence-corrected chi connectivity index (χ0v) is 11.6. The van der Waals surface area contributed by atoms with Crippen molar-refractivity contribution in [2.45, 2.75) is 51.0 Å². The molecular formula is C13H17N5S. The molecule has 2 aromatic rings. The lowest BCUT2D eigenvalue weighted by atomic mass is 10.0. The van der Waals surface area contributed by atoms with E-state index in [2.05, 4.69) is 10.3 Å². The van der Waals surface area contributed by atoms with Gasteiger partial charge in [-0.15, -0.1) is 5.10 Å². The van der Waals surface area contributed by atoms with Gasteiger partial charge in [0.1, 0.15) is 5.69 Å². The van der Waals surface area contributed by atoms with E-state index in [4.69, 9.17) is 10.7 Å². The number of hydrogen-bond donors (Lipinski definition) is 1. The van der Waals surface area contributed by atoms with Gasteiger partial charge in [-0.05, 0) is 38.5 Å². The molecule has 2 N–H and O–H groups in total. The van der Waals surface area contributed by atoms with Crippen molar-refractivity contribution < 1.29 is 0 Å². The van der Waals surface area contributed by atoms with Crippen LogP contribution in [0.15, 0.2) is 0 Å². The lowest BCUT2D eigenvalue weighted by Crippen LogP contribution is -2.05. The predicted molar refractivity (Wildman–Crippen MR) is 73.5 cm³/mol. The molecule has 2 aliphatic rings. The fourth-order valence-corrected chi connectivity index (χ4v) is 3.91. The van der Waals surface area contributed by atoms with E-state index in [1.165, 1.54) is 48.4 Å². The lowest BCUT2D eigenvalue weighted by Gasteiger charge is -2.06. The summed E-state index contributed by atoms with van der Waals surface area (Å²) in [6.45, 7) is 0.469. The van der Waals surface area contributed by atoms with Gasteiger partial charge < -0.3 is 5.73 Å². The fraction of sp³-hybridized carbons (Fsp3) is 0.615. The van der Waals surface area contributed by atoms with Gasteiger partial charge in [0.25, 0.3) is 0 Å². The molecule has 0 atom stereocenters. The molecule has 0 bridgehead atoms. The second-order valence-electron chi connectivity index (χ2n) is 5.38. The minimum atomic E-state index is 0.469. The maximum atomic E-state index is 5.77. The van der Waals surface area contributed by atoms with E-state index in [9.17, 15) is 0 Å². The van der Waals surface area contributed by atoms with Gasteiger partial charge in [-0.25, -0.2) is 4.98 Å². The summed E-state index contributed by atoms with van der Waals surface area (Å²) in [6.07, 6.45) is 7.29. The maximum absolute atomic E-state index is 5.77. The molecule has 0 unspecified atom stereocenters. The first-order chi connectivity index (χ1) is 9.36. The summed E-state index contributed by atoms with van der Waals surface area (Å²) < 4.78 is 1.95. The molecule has 2 aliphatic carbocycles. The van der Waals surface area contributed by atoms with Crippen molar-refractivity contribution in [3.63, 3.8) is 0 Å². The van der Waals surface area contributed by atoms with Crippen LogP contribution >= 0.6 is 11.3 Å². The number of nitrogens with zero attached hydrogens (tertiary/aromatic N) is 4. The molecule has 2 heterocycles. The Morgan fingerprint density at radius 2 is 2.11 bits per heavy atom. The topological polar surface area (TPSA) is 69.6 Å². The average molecular weight is 275 g/mol. The Kier molecular flexibility index (Phi) is 2.66. The molecule has 0 aromatic carbocycles. The Morgan fingerprint density at radius 1 is 1.26 bits per heavy atom. The maximum Gasteiger partial charge on any atom is 0.212 e. The zero-order valence-electron chi connectivity index (χ0n) is 10.8. The Balaban J connectivity index is 1.79. The van der Waals surface area contributed by atoms with Gasteiger partial charge in [-0.1, -0.05) is 16.6 Å². The number of hydrogen-bond acceptors (Lipinski definition) is 5. The Labute approximate surface area is 115 Å². The van der Waals surface area contributed by atoms with Gasteiger partial charge in [0.15, 0.2) is 0 Å². The summed E-state index contributed by atoms with van der Waals surface area (Å²) in [7, 11) is 0. The van der Waals surface area contributed by atoms with E-state index < -0.39 is 0 Å². The molecule has 100 valence electrons. The Hall–Kier alpha value is -1.27. The molecular weight excluding hydrogens is 258 g/mol. The minimum absolute atomic E-state index is 0.469. The summed E-state index contributed by atoms with van der Waals surface area (Å²) in [6, 6.07) is 0. The van der Waals surface area contributed by atoms with Crippen molar-refractivity contribution in [3.8, 4) is 5.13 Å². The van der Waals surface area contributed by atoms with E-state index in [1.54, 1.807) is 11.3 Å². The third-order valence-electron chi connectivity index (χ3n) is 3.95. The second kappa shape index (κ2) is 4.38. The smallest absolute Gasteiger partial charge is 0.212 e. The molecule has 0 aliphatic heterocycles. The molecule has 19 heavy (non-hydrogen) atoms. The molecule has 0 radical (unpaired) electrons. The van der Waals surface area contributed by atoms with Gasteiger partial charge >= 0.3 is 0 Å². The van der Waals surface area contributed by atoms with Crippen LogP contribution in [-0.2, 0) is 19.4 Å². The van der Waals surface area contributed by atoms with Crippen LogP contribution in [-0.4, -0.2) is 20.0 Å². The van der Waals surface area contributed by atoms with Crippen molar-refractivity contribution in [1.82, 2.24) is 20.0 Å². The average Bonchev–Trinajstić information content (AvgIpc) is 3.04. The number of thiazole rings is 1. The van der Waals surface area contributed by atoms with Crippen LogP contribution in [0.3, 0.4) is 0 Å². The summed E-state index contributed by atoms with van der Waals surface area (Å²) in [5, 5.41) is 9.52. The van der Waals surface area contributed by atoms with E-state index in [1.807, 2.05) is 4.68 Å². The Morgan fingerprint density at radius 3 is 2.84 bits per heavy atom. The predicted octanol–water partition coefficient (Wildman–Crippen LogP) is 1.94. The van der Waals surface area contributed by atoms with E-state index >= 15 is 0 Å². The highest BCUT2D eigenvalue weighted by atomic mass is 32.1. The number of aromatic nitrogens is 4. The molecule has 0 saturated heterocycles. The monoisotopic (exact) mass is 275 g/mol. The van der Waals surface area contributed by atoms with E-state index in [-0.39, 0.29) is 0 Å². The van der Waals surface area contributed by atoms with Gasteiger partial charge in [-0.3, -0.25) is 0 Å². The highest BCUT2D eigenvalue weighted by Gasteiger charge is 2.32. The number of fused-ring (bicyclic) bond motifs is 1. The number of nitrogens with two attached hydrogens (primary N) is 1. The second-order valence-corrected chi connectivity index (χ2v) is 6.45. The first kappa shape index (κ1) is 11.5. The van der Waals surface area contributed by atoms with Gasteiger partial charge in [0, 0.05) is 17.3 Å². The van der Waals surface area contributed by atoms with Crippen molar-refractivity contribution in [2.75, 3.05) is 0 Å². The van der Waals surface area contributed by atoms with Crippen LogP contribution in [0.1, 0.15) is 53.6 Å². The van der Waals surface area contributed by atoms with Crippen molar-refractivity contribution in [3.05, 3.63) is 22.0 Å². The van der Waals surface area contributed by atoms with Crippen LogP contribution in [0, 0.1) is 0 Å². The molecule has 4 rings (SSSR count). The standard InChI is InChI=1S/C13H17N5S/c14-7-10-12(8-5-6-8)18(17-16-10)13-15-9-3-1-2-4-11(9)19-13/h8H,1-7,14H2. The van der Waals surface area contributed by atoms with Gasteiger partial charge in [0.2, 0.25) is 5.13 Å². The van der Waals surface area contributed by atoms with Gasteiger partial charge in [-0.2, -0.15) is 4.68 Å². The van der Waals surface area contributed by atoms with E-state index in [0.29, 0.717) is 12.5 Å². The van der Waals surface area contributed by atoms with Crippen LogP contribution in [0.4, 0.5) is 0 Å². The largest absolute Gasteiger partial charge is 0.325 e. The van der Waals surface area contributed by atoms with Crippen molar-refractivity contribution in [1.29, 1.82) is 0 Å². The Bertz CT molecular complexity index is 587. The highest BCUT2D eigenvalue weighted by molar-refractivity contribution is 7.14. The summed E-state index contributed by atoms with van der Waals surface area (Å²) in [5.41, 5.74) is 9.19. The van der Waals surface area contributed by atoms with Crippen LogP contribution < -0.4 is 5.73 Å². The quantitative estimate of drug-likeness (QED) is 0.929. The molecule has 2 aromatic heterocycles. The zero-order chi connectivity index (χ0) is 12.8. The highest BCUT2D eigenvalue weighted by Crippen LogP contribution is 2.42. The summed E-state index contributed by atoms with van der Waals surface area (Å²) >= 11 is 1.78. The van der Waals surface area contributed by atoms with Gasteiger partial charge in [0.05, 0.1) is 11.4 Å². The van der Waals surface area contributed by atoms with Crippen LogP contribution in [0.25, 0.3) is 5.13 Å². The number of rotatable bonds is 3. The van der Waals surface area contributed by atoms with Crippen molar-refractivity contribution in [2.24, 2.45) is 5.73 Å². The molecule has 5 nitrogen and oxygen atoms in total. The van der Waals surface area contributed by atoms with Crippen molar-refractivity contribution >= 4 is 11.3 Å². The minimum Gasteiger partial charge on any atom is -0.325 e. The van der Waals surface area contributed by atoms with Crippen LogP contribution in [0.5, 0.6) is 0 Å². The van der Waals surface area contributed by atoms with E-state index in [0.717, 1.165) is 17.2 Å². The normalized spacial score (nSPS) is 18.6. The molecule has 6 heteroatoms. The third kappa shape index (κ3) is 1.90.